The summed E-state index contributed by atoms with van der Waals surface area (Å²) < 4.78 is -0.407. The first-order valence-corrected chi connectivity index (χ1v) is 5.06. The molecule has 0 aromatic rings. The zero-order chi connectivity index (χ0) is 11.6. The number of carboxylic acid groups (broad SMARTS) is 2. The van der Waals surface area contributed by atoms with Gasteiger partial charge in [0.05, 0.1) is 16.9 Å². The number of aliphatic imine (C=N–C) groups is 1. The molecule has 6 heteroatoms. The molecule has 0 saturated heterocycles. The molecule has 0 aliphatic carbocycles. The van der Waals surface area contributed by atoms with Gasteiger partial charge in [0.1, 0.15) is 4.91 Å². The Morgan fingerprint density at radius 2 is 2.07 bits per heavy atom. The Morgan fingerprint density at radius 1 is 1.47 bits per heavy atom. The molecule has 15 heavy (non-hydrogen) atoms. The van der Waals surface area contributed by atoms with Crippen molar-refractivity contribution in [2.45, 2.75) is 25.0 Å². The van der Waals surface area contributed by atoms with Crippen LogP contribution in [0.15, 0.2) is 15.6 Å². The lowest BCUT2D eigenvalue weighted by Crippen LogP contribution is -2.23. The Hall–Kier alpha value is -1.30. The number of rotatable bonds is 3. The summed E-state index contributed by atoms with van der Waals surface area (Å²) in [6.45, 7) is 3.64. The highest BCUT2D eigenvalue weighted by atomic mass is 32.2. The van der Waals surface area contributed by atoms with Crippen molar-refractivity contribution in [1.82, 2.24) is 0 Å². The molecule has 1 rings (SSSR count). The van der Waals surface area contributed by atoms with Crippen molar-refractivity contribution in [3.8, 4) is 0 Å². The van der Waals surface area contributed by atoms with Crippen LogP contribution >= 0.6 is 11.8 Å². The van der Waals surface area contributed by atoms with Gasteiger partial charge in [-0.25, -0.2) is 4.79 Å². The van der Waals surface area contributed by atoms with Gasteiger partial charge in [0.25, 0.3) is 0 Å². The fourth-order valence-electron chi connectivity index (χ4n) is 1.08. The van der Waals surface area contributed by atoms with Crippen molar-refractivity contribution in [2.75, 3.05) is 0 Å². The second-order valence-corrected chi connectivity index (χ2v) is 5.28. The monoisotopic (exact) mass is 229 g/mol. The van der Waals surface area contributed by atoms with E-state index in [-0.39, 0.29) is 17.0 Å². The first kappa shape index (κ1) is 11.8. The SMILES string of the molecule is CC1(C)C=NC(CC(=O)O)=C(C(=O)O)S1. The van der Waals surface area contributed by atoms with Crippen LogP contribution in [-0.4, -0.2) is 33.1 Å². The van der Waals surface area contributed by atoms with Gasteiger partial charge in [0.15, 0.2) is 0 Å². The van der Waals surface area contributed by atoms with Crippen molar-refractivity contribution in [3.63, 3.8) is 0 Å². The summed E-state index contributed by atoms with van der Waals surface area (Å²) in [5.41, 5.74) is 0.110. The molecular formula is C9H11NO4S. The Kier molecular flexibility index (Phi) is 3.18. The molecule has 1 aliphatic rings. The number of nitrogens with zero attached hydrogens (tertiary/aromatic N) is 1. The average Bonchev–Trinajstić information content (AvgIpc) is 2.07. The summed E-state index contributed by atoms with van der Waals surface area (Å²) in [6, 6.07) is 0. The molecular weight excluding hydrogens is 218 g/mol. The van der Waals surface area contributed by atoms with Crippen LogP contribution in [-0.2, 0) is 9.59 Å². The second kappa shape index (κ2) is 4.06. The molecule has 1 aliphatic heterocycles. The Morgan fingerprint density at radius 3 is 2.53 bits per heavy atom. The van der Waals surface area contributed by atoms with E-state index in [1.54, 1.807) is 6.21 Å². The van der Waals surface area contributed by atoms with Crippen molar-refractivity contribution in [1.29, 1.82) is 0 Å². The van der Waals surface area contributed by atoms with Crippen LogP contribution < -0.4 is 0 Å². The Bertz CT molecular complexity index is 370. The van der Waals surface area contributed by atoms with Crippen molar-refractivity contribution in [3.05, 3.63) is 10.6 Å². The smallest absolute Gasteiger partial charge is 0.344 e. The number of aliphatic carboxylic acids is 2. The topological polar surface area (TPSA) is 87.0 Å². The number of hydrogen-bond acceptors (Lipinski definition) is 4. The summed E-state index contributed by atoms with van der Waals surface area (Å²) in [5.74, 6) is -2.21. The van der Waals surface area contributed by atoms with Gasteiger partial charge >= 0.3 is 11.9 Å². The maximum Gasteiger partial charge on any atom is 0.344 e. The molecule has 0 unspecified atom stereocenters. The normalized spacial score (nSPS) is 19.1. The Labute approximate surface area is 90.9 Å². The van der Waals surface area contributed by atoms with Crippen molar-refractivity contribution in [2.24, 2.45) is 4.99 Å². The standard InChI is InChI=1S/C9H11NO4S/c1-9(2)4-10-5(3-6(11)12)7(15-9)8(13)14/h4H,3H2,1-2H3,(H,11,12)(H,13,14). The van der Waals surface area contributed by atoms with Gasteiger partial charge in [0, 0.05) is 6.21 Å². The van der Waals surface area contributed by atoms with Crippen LogP contribution in [0.5, 0.6) is 0 Å². The van der Waals surface area contributed by atoms with Crippen LogP contribution in [0.4, 0.5) is 0 Å². The first-order chi connectivity index (χ1) is 6.82. The van der Waals surface area contributed by atoms with Gasteiger partial charge in [0.2, 0.25) is 0 Å². The van der Waals surface area contributed by atoms with Crippen LogP contribution in [0.2, 0.25) is 0 Å². The Balaban J connectivity index is 3.03. The summed E-state index contributed by atoms with van der Waals surface area (Å²) in [4.78, 5) is 25.3. The van der Waals surface area contributed by atoms with E-state index in [1.807, 2.05) is 13.8 Å². The maximum absolute atomic E-state index is 10.9. The van der Waals surface area contributed by atoms with E-state index in [1.165, 1.54) is 0 Å². The minimum atomic E-state index is -1.12. The van der Waals surface area contributed by atoms with Gasteiger partial charge in [-0.15, -0.1) is 11.8 Å². The van der Waals surface area contributed by atoms with Crippen LogP contribution in [0.3, 0.4) is 0 Å². The minimum absolute atomic E-state index is 0.0184. The van der Waals surface area contributed by atoms with E-state index in [2.05, 4.69) is 4.99 Å². The van der Waals surface area contributed by atoms with E-state index < -0.39 is 16.7 Å². The van der Waals surface area contributed by atoms with E-state index >= 15 is 0 Å². The van der Waals surface area contributed by atoms with Gasteiger partial charge in [-0.05, 0) is 13.8 Å². The summed E-state index contributed by atoms with van der Waals surface area (Å²) >= 11 is 1.11. The highest BCUT2D eigenvalue weighted by molar-refractivity contribution is 8.05. The molecule has 0 amide bonds. The van der Waals surface area contributed by atoms with Crippen LogP contribution in [0.1, 0.15) is 20.3 Å². The van der Waals surface area contributed by atoms with Gasteiger partial charge in [-0.3, -0.25) is 9.79 Å². The fraction of sp³-hybridized carbons (Fsp3) is 0.444. The summed E-state index contributed by atoms with van der Waals surface area (Å²) in [5, 5.41) is 17.5. The largest absolute Gasteiger partial charge is 0.481 e. The quantitative estimate of drug-likeness (QED) is 0.762. The molecule has 2 N–H and O–H groups in total. The number of carboxylic acids is 2. The predicted molar refractivity (Wildman–Crippen MR) is 57.1 cm³/mol. The predicted octanol–water partition coefficient (Wildman–Crippen LogP) is 1.35. The number of hydrogen-bond donors (Lipinski definition) is 2. The molecule has 5 nitrogen and oxygen atoms in total. The molecule has 0 radical (unpaired) electrons. The van der Waals surface area contributed by atoms with E-state index in [0.29, 0.717) is 0 Å². The third-order valence-corrected chi connectivity index (χ3v) is 2.92. The van der Waals surface area contributed by atoms with E-state index in [0.717, 1.165) is 11.8 Å². The third-order valence-electron chi connectivity index (χ3n) is 1.67. The van der Waals surface area contributed by atoms with Gasteiger partial charge < -0.3 is 10.2 Å². The van der Waals surface area contributed by atoms with Gasteiger partial charge in [-0.1, -0.05) is 0 Å². The van der Waals surface area contributed by atoms with Gasteiger partial charge in [-0.2, -0.15) is 0 Å². The molecule has 0 bridgehead atoms. The van der Waals surface area contributed by atoms with Crippen molar-refractivity contribution < 1.29 is 19.8 Å². The average molecular weight is 229 g/mol. The van der Waals surface area contributed by atoms with Crippen molar-refractivity contribution >= 4 is 29.9 Å². The summed E-state index contributed by atoms with van der Waals surface area (Å²) in [6.07, 6.45) is 1.21. The van der Waals surface area contributed by atoms with E-state index in [4.69, 9.17) is 10.2 Å². The van der Waals surface area contributed by atoms with E-state index in [9.17, 15) is 9.59 Å². The summed E-state index contributed by atoms with van der Waals surface area (Å²) in [7, 11) is 0. The highest BCUT2D eigenvalue weighted by Gasteiger charge is 2.29. The van der Waals surface area contributed by atoms with Crippen LogP contribution in [0, 0.1) is 0 Å². The zero-order valence-electron chi connectivity index (χ0n) is 8.35. The first-order valence-electron chi connectivity index (χ1n) is 4.24. The fourth-order valence-corrected chi connectivity index (χ4v) is 2.04. The minimum Gasteiger partial charge on any atom is -0.481 e. The lowest BCUT2D eigenvalue weighted by atomic mass is 10.2. The highest BCUT2D eigenvalue weighted by Crippen LogP contribution is 2.37. The lowest BCUT2D eigenvalue weighted by Gasteiger charge is -2.23. The molecule has 0 spiro atoms. The number of thioether (sulfide) groups is 1. The number of carbonyl (C=O) groups is 2. The maximum atomic E-state index is 10.9. The molecule has 82 valence electrons. The zero-order valence-corrected chi connectivity index (χ0v) is 9.17. The molecule has 0 atom stereocenters. The van der Waals surface area contributed by atoms with Crippen LogP contribution in [0.25, 0.3) is 0 Å². The second-order valence-electron chi connectivity index (χ2n) is 3.62. The molecule has 0 fully saturated rings. The molecule has 1 heterocycles. The molecule has 0 aromatic heterocycles. The third kappa shape index (κ3) is 3.09. The molecule has 0 saturated carbocycles. The lowest BCUT2D eigenvalue weighted by molar-refractivity contribution is -0.136. The molecule has 0 aromatic carbocycles.